The van der Waals surface area contributed by atoms with Gasteiger partial charge < -0.3 is 15.8 Å². The fourth-order valence-electron chi connectivity index (χ4n) is 2.60. The average molecular weight is 304 g/mol. The predicted molar refractivity (Wildman–Crippen MR) is 86.7 cm³/mol. The summed E-state index contributed by atoms with van der Waals surface area (Å²) in [5.41, 5.74) is 6.65. The summed E-state index contributed by atoms with van der Waals surface area (Å²) in [6.45, 7) is 4.48. The van der Waals surface area contributed by atoms with Crippen LogP contribution in [0.1, 0.15) is 29.4 Å². The van der Waals surface area contributed by atoms with Crippen molar-refractivity contribution in [1.82, 2.24) is 5.32 Å². The highest BCUT2D eigenvalue weighted by molar-refractivity contribution is 7.20. The third kappa shape index (κ3) is 3.19. The Morgan fingerprint density at radius 3 is 2.90 bits per heavy atom. The van der Waals surface area contributed by atoms with Crippen LogP contribution in [0, 0.1) is 5.41 Å². The third-order valence-electron chi connectivity index (χ3n) is 4.14. The van der Waals surface area contributed by atoms with Crippen molar-refractivity contribution in [3.05, 3.63) is 29.1 Å². The Morgan fingerprint density at radius 1 is 1.38 bits per heavy atom. The molecule has 0 aliphatic carbocycles. The summed E-state index contributed by atoms with van der Waals surface area (Å²) in [7, 11) is 0. The first-order valence-corrected chi connectivity index (χ1v) is 8.02. The van der Waals surface area contributed by atoms with E-state index in [2.05, 4.69) is 12.2 Å². The van der Waals surface area contributed by atoms with Gasteiger partial charge in [-0.3, -0.25) is 4.79 Å². The number of rotatable bonds is 3. The second kappa shape index (κ2) is 5.66. The van der Waals surface area contributed by atoms with Gasteiger partial charge in [-0.15, -0.1) is 11.3 Å². The zero-order chi connectivity index (χ0) is 14.9. The Balaban J connectivity index is 1.69. The van der Waals surface area contributed by atoms with Crippen LogP contribution in [-0.2, 0) is 4.74 Å². The molecule has 0 unspecified atom stereocenters. The molecule has 1 amide bonds. The van der Waals surface area contributed by atoms with E-state index in [1.807, 2.05) is 24.3 Å². The number of benzene rings is 1. The number of hydrogen-bond acceptors (Lipinski definition) is 4. The van der Waals surface area contributed by atoms with E-state index < -0.39 is 0 Å². The van der Waals surface area contributed by atoms with E-state index in [9.17, 15) is 4.79 Å². The van der Waals surface area contributed by atoms with Gasteiger partial charge in [-0.1, -0.05) is 6.92 Å². The zero-order valence-electron chi connectivity index (χ0n) is 12.1. The number of nitrogens with two attached hydrogens (primary N) is 1. The van der Waals surface area contributed by atoms with Crippen molar-refractivity contribution < 1.29 is 9.53 Å². The lowest BCUT2D eigenvalue weighted by Gasteiger charge is -2.33. The smallest absolute Gasteiger partial charge is 0.261 e. The molecule has 0 radical (unpaired) electrons. The first-order chi connectivity index (χ1) is 10.1. The summed E-state index contributed by atoms with van der Waals surface area (Å²) in [6.07, 6.45) is 1.99. The van der Waals surface area contributed by atoms with Crippen LogP contribution in [0.5, 0.6) is 0 Å². The van der Waals surface area contributed by atoms with Crippen LogP contribution in [0.25, 0.3) is 10.1 Å². The second-order valence-electron chi connectivity index (χ2n) is 6.01. The molecule has 1 fully saturated rings. The Bertz CT molecular complexity index is 659. The van der Waals surface area contributed by atoms with Crippen LogP contribution in [0.4, 0.5) is 5.69 Å². The predicted octanol–water partition coefficient (Wildman–Crippen LogP) is 3.03. The van der Waals surface area contributed by atoms with Crippen LogP contribution in [0.15, 0.2) is 24.3 Å². The SMILES string of the molecule is CC1(CNC(=O)c2cc3cc(N)ccc3s2)CCOCC1. The standard InChI is InChI=1S/C16H20N2O2S/c1-16(4-6-20-7-5-16)10-18-15(19)14-9-11-8-12(17)2-3-13(11)21-14/h2-3,8-9H,4-7,10,17H2,1H3,(H,18,19). The van der Waals surface area contributed by atoms with Gasteiger partial charge in [-0.2, -0.15) is 0 Å². The first kappa shape index (κ1) is 14.4. The van der Waals surface area contributed by atoms with Crippen molar-refractivity contribution in [3.63, 3.8) is 0 Å². The topological polar surface area (TPSA) is 64.4 Å². The molecule has 1 saturated heterocycles. The van der Waals surface area contributed by atoms with Crippen molar-refractivity contribution in [2.45, 2.75) is 19.8 Å². The molecule has 1 aromatic heterocycles. The van der Waals surface area contributed by atoms with Gasteiger partial charge in [-0.25, -0.2) is 0 Å². The highest BCUT2D eigenvalue weighted by atomic mass is 32.1. The number of amides is 1. The number of anilines is 1. The minimum Gasteiger partial charge on any atom is -0.399 e. The molecular weight excluding hydrogens is 284 g/mol. The van der Waals surface area contributed by atoms with Gasteiger partial charge in [0.15, 0.2) is 0 Å². The Morgan fingerprint density at radius 2 is 2.14 bits per heavy atom. The molecule has 0 bridgehead atoms. The minimum atomic E-state index is 0.00230. The summed E-state index contributed by atoms with van der Waals surface area (Å²) in [5, 5.41) is 4.10. The van der Waals surface area contributed by atoms with E-state index in [4.69, 9.17) is 10.5 Å². The van der Waals surface area contributed by atoms with Crippen LogP contribution in [0.2, 0.25) is 0 Å². The maximum atomic E-state index is 12.3. The molecular formula is C16H20N2O2S. The molecule has 21 heavy (non-hydrogen) atoms. The van der Waals surface area contributed by atoms with Crippen molar-refractivity contribution >= 4 is 33.0 Å². The fraction of sp³-hybridized carbons (Fsp3) is 0.438. The van der Waals surface area contributed by atoms with E-state index in [0.29, 0.717) is 6.54 Å². The van der Waals surface area contributed by atoms with E-state index in [-0.39, 0.29) is 11.3 Å². The van der Waals surface area contributed by atoms with Gasteiger partial charge in [0, 0.05) is 30.1 Å². The Hall–Kier alpha value is -1.59. The molecule has 1 aromatic carbocycles. The van der Waals surface area contributed by atoms with Gasteiger partial charge in [0.1, 0.15) is 0 Å². The van der Waals surface area contributed by atoms with Crippen LogP contribution < -0.4 is 11.1 Å². The molecule has 1 aliphatic heterocycles. The van der Waals surface area contributed by atoms with E-state index in [0.717, 1.165) is 46.7 Å². The number of fused-ring (bicyclic) bond motifs is 1. The van der Waals surface area contributed by atoms with E-state index in [1.54, 1.807) is 0 Å². The van der Waals surface area contributed by atoms with Crippen LogP contribution in [0.3, 0.4) is 0 Å². The van der Waals surface area contributed by atoms with Crippen LogP contribution >= 0.6 is 11.3 Å². The molecule has 3 rings (SSSR count). The molecule has 2 heterocycles. The number of nitrogen functional groups attached to an aromatic ring is 1. The van der Waals surface area contributed by atoms with Gasteiger partial charge >= 0.3 is 0 Å². The molecule has 0 spiro atoms. The number of hydrogen-bond donors (Lipinski definition) is 2. The van der Waals surface area contributed by atoms with Gasteiger partial charge in [0.05, 0.1) is 4.88 Å². The number of ether oxygens (including phenoxy) is 1. The average Bonchev–Trinajstić information content (AvgIpc) is 2.88. The number of thiophene rings is 1. The number of carbonyl (C=O) groups is 1. The lowest BCUT2D eigenvalue weighted by molar-refractivity contribution is 0.0239. The van der Waals surface area contributed by atoms with Crippen molar-refractivity contribution in [2.24, 2.45) is 5.41 Å². The van der Waals surface area contributed by atoms with Gasteiger partial charge in [-0.05, 0) is 47.9 Å². The minimum absolute atomic E-state index is 0.00230. The van der Waals surface area contributed by atoms with Gasteiger partial charge in [0.25, 0.3) is 5.91 Å². The molecule has 4 nitrogen and oxygen atoms in total. The second-order valence-corrected chi connectivity index (χ2v) is 7.10. The molecule has 3 N–H and O–H groups in total. The summed E-state index contributed by atoms with van der Waals surface area (Å²) in [6, 6.07) is 7.65. The van der Waals surface area contributed by atoms with E-state index >= 15 is 0 Å². The highest BCUT2D eigenvalue weighted by Gasteiger charge is 2.28. The lowest BCUT2D eigenvalue weighted by Crippen LogP contribution is -2.39. The maximum Gasteiger partial charge on any atom is 0.261 e. The van der Waals surface area contributed by atoms with Gasteiger partial charge in [0.2, 0.25) is 0 Å². The zero-order valence-corrected chi connectivity index (χ0v) is 13.0. The lowest BCUT2D eigenvalue weighted by atomic mass is 9.82. The van der Waals surface area contributed by atoms with E-state index in [1.165, 1.54) is 11.3 Å². The molecule has 5 heteroatoms. The fourth-order valence-corrected chi connectivity index (χ4v) is 3.55. The molecule has 0 atom stereocenters. The number of nitrogens with one attached hydrogen (secondary N) is 1. The quantitative estimate of drug-likeness (QED) is 0.857. The van der Waals surface area contributed by atoms with Crippen molar-refractivity contribution in [1.29, 1.82) is 0 Å². The monoisotopic (exact) mass is 304 g/mol. The molecule has 112 valence electrons. The normalized spacial score (nSPS) is 17.8. The first-order valence-electron chi connectivity index (χ1n) is 7.21. The molecule has 2 aromatic rings. The molecule has 1 aliphatic rings. The highest BCUT2D eigenvalue weighted by Crippen LogP contribution is 2.30. The van der Waals surface area contributed by atoms with Crippen molar-refractivity contribution in [3.8, 4) is 0 Å². The number of carbonyl (C=O) groups excluding carboxylic acids is 1. The largest absolute Gasteiger partial charge is 0.399 e. The van der Waals surface area contributed by atoms with Crippen molar-refractivity contribution in [2.75, 3.05) is 25.5 Å². The summed E-state index contributed by atoms with van der Waals surface area (Å²) >= 11 is 1.51. The summed E-state index contributed by atoms with van der Waals surface area (Å²) in [5.74, 6) is 0.00230. The summed E-state index contributed by atoms with van der Waals surface area (Å²) in [4.78, 5) is 13.1. The third-order valence-corrected chi connectivity index (χ3v) is 5.25. The summed E-state index contributed by atoms with van der Waals surface area (Å²) < 4.78 is 6.47. The molecule has 0 saturated carbocycles. The maximum absolute atomic E-state index is 12.3. The Labute approximate surface area is 128 Å². The Kier molecular flexibility index (Phi) is 3.87. The van der Waals surface area contributed by atoms with Crippen LogP contribution in [-0.4, -0.2) is 25.7 Å².